The molecule has 464 valence electrons. The summed E-state index contributed by atoms with van der Waals surface area (Å²) in [6, 6.07) is 5.61. The lowest BCUT2D eigenvalue weighted by atomic mass is 9.85. The Bertz CT molecular complexity index is 2940. The lowest BCUT2D eigenvalue weighted by Crippen LogP contribution is -2.57. The minimum atomic E-state index is -5.19. The molecule has 3 N–H and O–H groups in total. The standard InChI is InChI=1S/C55H77N7O15.C2HF3O2/c1-11-35-36-16-13-14-17-40(36)58-47-37(35)32-61-43(47)30-39-38(49(61)66)33-75-52(69)55(39,12-2)76-51(68)46(34(3)4)59-48(65)42-18-15-21-60(42)50(67)41(31-45(64)74-25-22-62(8,9)10)57-44(63)19-23-71-26-28-73-29-27-72-24-20-56-53(70)77-54(5,6)7;3-2(4,5)1(6)7/h13-14,16-17,30,34,41-42,46H,11-12,15,18-29,31-33H2,1-10H3,(H2-,56,57,59,63,65,70);(H,6,7)/t41-,42-,46-,55-;/m0./s1. The Morgan fingerprint density at radius 3 is 2.15 bits per heavy atom. The third-order valence-corrected chi connectivity index (χ3v) is 13.8. The number of carboxylic acid groups (broad SMARTS) is 1. The van der Waals surface area contributed by atoms with Crippen LogP contribution in [0.1, 0.15) is 103 Å². The van der Waals surface area contributed by atoms with E-state index < -0.39 is 101 Å². The fourth-order valence-electron chi connectivity index (χ4n) is 9.53. The number of aromatic nitrogens is 2. The average molecular weight is 1190 g/mol. The zero-order chi connectivity index (χ0) is 62.3. The highest BCUT2D eigenvalue weighted by atomic mass is 19.4. The van der Waals surface area contributed by atoms with Crippen LogP contribution in [-0.2, 0) is 91.9 Å². The van der Waals surface area contributed by atoms with Gasteiger partial charge in [-0.15, -0.1) is 0 Å². The monoisotopic (exact) mass is 1190 g/mol. The SMILES string of the molecule is CCc1c2c(nc3ccccc13)-c1cc3c(c(=O)n1C2)COC(=O)[C@@]3(CC)OC(=O)[C@@H](NC(=O)[C@@H]1CCCN1C(=O)[C@H](CC(=O)OCC[N+](C)(C)C)NC(=O)CCOCCOCCOCCNC(=O)OC(C)(C)C)C(C)C.O=C([O-])C(F)(F)F. The highest BCUT2D eigenvalue weighted by Gasteiger charge is 2.52. The fraction of sp³-hybridized carbons (Fsp3) is 0.614. The molecule has 3 aliphatic rings. The summed E-state index contributed by atoms with van der Waals surface area (Å²) >= 11 is 0. The second-order valence-electron chi connectivity index (χ2n) is 22.6. The molecule has 0 saturated carbocycles. The number of nitrogens with one attached hydrogen (secondary N) is 3. The van der Waals surface area contributed by atoms with Crippen molar-refractivity contribution < 1.29 is 94.3 Å². The van der Waals surface area contributed by atoms with Crippen LogP contribution in [0.2, 0.25) is 0 Å². The van der Waals surface area contributed by atoms with Gasteiger partial charge < -0.3 is 73.0 Å². The Morgan fingerprint density at radius 2 is 1.55 bits per heavy atom. The Balaban J connectivity index is 0.00000173. The first-order chi connectivity index (χ1) is 39.4. The maximum atomic E-state index is 14.5. The molecule has 6 rings (SSSR count). The molecule has 84 heavy (non-hydrogen) atoms. The summed E-state index contributed by atoms with van der Waals surface area (Å²) < 4.78 is 72.7. The van der Waals surface area contributed by atoms with Crippen molar-refractivity contribution >= 4 is 58.6 Å². The minimum Gasteiger partial charge on any atom is -0.542 e. The number of hydrogen-bond acceptors (Lipinski definition) is 18. The first-order valence-corrected chi connectivity index (χ1v) is 27.9. The molecule has 5 heterocycles. The number of carbonyl (C=O) groups excluding carboxylic acids is 8. The van der Waals surface area contributed by atoms with Crippen LogP contribution < -0.4 is 26.6 Å². The largest absolute Gasteiger partial charge is 0.542 e. The van der Waals surface area contributed by atoms with E-state index in [1.807, 2.05) is 52.3 Å². The van der Waals surface area contributed by atoms with Crippen LogP contribution in [0.3, 0.4) is 0 Å². The van der Waals surface area contributed by atoms with Crippen LogP contribution in [0.5, 0.6) is 0 Å². The maximum absolute atomic E-state index is 14.5. The molecule has 3 aliphatic heterocycles. The minimum absolute atomic E-state index is 0.0253. The van der Waals surface area contributed by atoms with Gasteiger partial charge in [0.15, 0.2) is 0 Å². The smallest absolute Gasteiger partial charge is 0.430 e. The molecule has 3 aromatic rings. The van der Waals surface area contributed by atoms with E-state index in [9.17, 15) is 51.5 Å². The van der Waals surface area contributed by atoms with Crippen molar-refractivity contribution in [3.8, 4) is 11.4 Å². The van der Waals surface area contributed by atoms with Gasteiger partial charge in [-0.05, 0) is 70.1 Å². The van der Waals surface area contributed by atoms with Crippen molar-refractivity contribution in [1.29, 1.82) is 0 Å². The van der Waals surface area contributed by atoms with Gasteiger partial charge in [0.25, 0.3) is 5.56 Å². The van der Waals surface area contributed by atoms with Crippen LogP contribution in [-0.4, -0.2) is 184 Å². The van der Waals surface area contributed by atoms with Gasteiger partial charge in [-0.3, -0.25) is 24.0 Å². The zero-order valence-electron chi connectivity index (χ0n) is 49.3. The number of likely N-dealkylation sites (N-methyl/N-ethyl adjacent to an activating group) is 1. The Hall–Kier alpha value is -7.23. The maximum Gasteiger partial charge on any atom is 0.430 e. The lowest BCUT2D eigenvalue weighted by Gasteiger charge is -2.37. The summed E-state index contributed by atoms with van der Waals surface area (Å²) in [5.74, 6) is -8.11. The van der Waals surface area contributed by atoms with Crippen LogP contribution in [0.25, 0.3) is 22.3 Å². The zero-order valence-corrected chi connectivity index (χ0v) is 49.3. The van der Waals surface area contributed by atoms with Crippen molar-refractivity contribution in [3.63, 3.8) is 0 Å². The number of quaternary nitrogens is 1. The highest BCUT2D eigenvalue weighted by molar-refractivity contribution is 5.96. The van der Waals surface area contributed by atoms with Crippen LogP contribution in [0, 0.1) is 5.92 Å². The number of alkyl carbamates (subject to hydrolysis) is 1. The number of ether oxygens (including phenoxy) is 7. The van der Waals surface area contributed by atoms with Gasteiger partial charge in [0.2, 0.25) is 23.3 Å². The Morgan fingerprint density at radius 1 is 0.905 bits per heavy atom. The molecule has 0 spiro atoms. The second kappa shape index (κ2) is 29.5. The number of benzene rings is 1. The predicted molar refractivity (Wildman–Crippen MR) is 292 cm³/mol. The number of nitrogens with zero attached hydrogens (tertiary/aromatic N) is 4. The Labute approximate surface area is 484 Å². The number of aliphatic carboxylic acids is 1. The normalized spacial score (nSPS) is 17.1. The van der Waals surface area contributed by atoms with Crippen molar-refractivity contribution in [3.05, 3.63) is 62.9 Å². The van der Waals surface area contributed by atoms with Gasteiger partial charge in [0, 0.05) is 36.0 Å². The van der Waals surface area contributed by atoms with Gasteiger partial charge >= 0.3 is 30.2 Å². The molecule has 0 aliphatic carbocycles. The number of fused-ring (bicyclic) bond motifs is 5. The summed E-state index contributed by atoms with van der Waals surface area (Å²) in [6.45, 7) is 14.4. The fourth-order valence-corrected chi connectivity index (χ4v) is 9.53. The number of amides is 4. The quantitative estimate of drug-likeness (QED) is 0.0352. The van der Waals surface area contributed by atoms with Crippen molar-refractivity contribution in [2.24, 2.45) is 5.92 Å². The van der Waals surface area contributed by atoms with Crippen LogP contribution >= 0.6 is 0 Å². The summed E-state index contributed by atoms with van der Waals surface area (Å²) in [5.41, 5.74) is 1.11. The second-order valence-corrected chi connectivity index (χ2v) is 22.6. The van der Waals surface area contributed by atoms with E-state index in [-0.39, 0.29) is 103 Å². The van der Waals surface area contributed by atoms with Gasteiger partial charge in [-0.25, -0.2) is 19.4 Å². The number of halogens is 3. The molecule has 4 atom stereocenters. The molecular formula is C57H78F3N7O17. The number of aryl methyl sites for hydroxylation is 1. The third kappa shape index (κ3) is 18.1. The number of cyclic esters (lactones) is 1. The van der Waals surface area contributed by atoms with E-state index in [1.165, 1.54) is 4.90 Å². The molecule has 1 aromatic carbocycles. The lowest BCUT2D eigenvalue weighted by molar-refractivity contribution is -0.870. The van der Waals surface area contributed by atoms with E-state index >= 15 is 0 Å². The Kier molecular flexibility index (Phi) is 23.7. The number of esters is 3. The number of likely N-dealkylation sites (tertiary alicyclic amines) is 1. The molecule has 0 bridgehead atoms. The third-order valence-electron chi connectivity index (χ3n) is 13.8. The molecule has 0 radical (unpaired) electrons. The number of carbonyl (C=O) groups is 8. The van der Waals surface area contributed by atoms with E-state index in [0.717, 1.165) is 22.0 Å². The first kappa shape index (κ1) is 67.6. The highest BCUT2D eigenvalue weighted by Crippen LogP contribution is 2.42. The first-order valence-electron chi connectivity index (χ1n) is 27.9. The van der Waals surface area contributed by atoms with E-state index in [4.69, 9.17) is 48.0 Å². The van der Waals surface area contributed by atoms with Crippen LogP contribution in [0.15, 0.2) is 35.1 Å². The topological polar surface area (TPSA) is 298 Å². The van der Waals surface area contributed by atoms with Crippen molar-refractivity contribution in [2.75, 3.05) is 87.0 Å². The van der Waals surface area contributed by atoms with Crippen molar-refractivity contribution in [1.82, 2.24) is 30.4 Å². The molecule has 4 amide bonds. The number of rotatable bonds is 26. The predicted octanol–water partition coefficient (Wildman–Crippen LogP) is 2.71. The molecule has 0 unspecified atom stereocenters. The molecule has 24 nitrogen and oxygen atoms in total. The van der Waals surface area contributed by atoms with Gasteiger partial charge in [0.1, 0.15) is 49.5 Å². The van der Waals surface area contributed by atoms with Gasteiger partial charge in [0.05, 0.1) is 96.2 Å². The molecular weight excluding hydrogens is 1110 g/mol. The van der Waals surface area contributed by atoms with Gasteiger partial charge in [-0.2, -0.15) is 13.2 Å². The van der Waals surface area contributed by atoms with Gasteiger partial charge in [-0.1, -0.05) is 45.9 Å². The number of hydrogen-bond donors (Lipinski definition) is 3. The summed E-state index contributed by atoms with van der Waals surface area (Å²) in [6.07, 6.45) is -5.20. The number of pyridine rings is 2. The number of carboxylic acids is 1. The molecule has 1 saturated heterocycles. The molecule has 27 heteroatoms. The van der Waals surface area contributed by atoms with E-state index in [0.29, 0.717) is 35.3 Å². The van der Waals surface area contributed by atoms with Crippen LogP contribution in [0.4, 0.5) is 18.0 Å². The molecule has 2 aromatic heterocycles. The summed E-state index contributed by atoms with van der Waals surface area (Å²) in [4.78, 5) is 125. The van der Waals surface area contributed by atoms with E-state index in [1.54, 1.807) is 52.2 Å². The summed E-state index contributed by atoms with van der Waals surface area (Å²) in [5, 5.41) is 17.8. The van der Waals surface area contributed by atoms with E-state index in [2.05, 4.69) is 16.0 Å². The van der Waals surface area contributed by atoms with Crippen molar-refractivity contribution in [2.45, 2.75) is 136 Å². The number of para-hydroxylation sites is 1. The summed E-state index contributed by atoms with van der Waals surface area (Å²) in [7, 11) is 5.79. The average Bonchev–Trinajstić information content (AvgIpc) is 3.80. The number of alkyl halides is 3. The molecule has 1 fully saturated rings.